The molecule has 0 aromatic carbocycles. The molecule has 0 N–H and O–H groups in total. The Morgan fingerprint density at radius 2 is 1.64 bits per heavy atom. The average molecular weight is 176 g/mol. The van der Waals surface area contributed by atoms with Crippen LogP contribution >= 0.6 is 0 Å². The second-order valence-electron chi connectivity index (χ2n) is 3.73. The molecule has 1 fully saturated rings. The van der Waals surface area contributed by atoms with E-state index in [1.165, 1.54) is 0 Å². The lowest BCUT2D eigenvalue weighted by Gasteiger charge is -2.24. The Hall–Kier alpha value is -0.0500. The minimum absolute atomic E-state index is 0.413. The highest BCUT2D eigenvalue weighted by atomic mass is 32.2. The van der Waals surface area contributed by atoms with Crippen LogP contribution in [-0.2, 0) is 9.84 Å². The Labute approximate surface area is 68.9 Å². The summed E-state index contributed by atoms with van der Waals surface area (Å²) in [5.41, 5.74) is 0. The maximum absolute atomic E-state index is 11.0. The first-order valence-corrected chi connectivity index (χ1v) is 6.04. The van der Waals surface area contributed by atoms with Gasteiger partial charge in [0.05, 0.1) is 11.5 Å². The van der Waals surface area contributed by atoms with E-state index in [2.05, 4.69) is 13.8 Å². The quantitative estimate of drug-likeness (QED) is 0.606. The van der Waals surface area contributed by atoms with Crippen LogP contribution in [0.2, 0.25) is 0 Å². The van der Waals surface area contributed by atoms with E-state index in [4.69, 9.17) is 0 Å². The molecular formula is C8H16O2S. The molecule has 11 heavy (non-hydrogen) atoms. The van der Waals surface area contributed by atoms with Crippen LogP contribution in [0.3, 0.4) is 0 Å². The first kappa shape index (κ1) is 9.04. The van der Waals surface area contributed by atoms with Crippen molar-refractivity contribution in [3.05, 3.63) is 0 Å². The number of hydrogen-bond acceptors (Lipinski definition) is 2. The lowest BCUT2D eigenvalue weighted by atomic mass is 9.91. The van der Waals surface area contributed by atoms with E-state index in [1.54, 1.807) is 0 Å². The standard InChI is InChI=1S/C8H16O2S/c1-7(2)8-3-5-11(9,10)6-4-8/h7-8H,3-6H2,1-2H3. The molecule has 0 spiro atoms. The molecule has 0 bridgehead atoms. The highest BCUT2D eigenvalue weighted by Gasteiger charge is 2.24. The van der Waals surface area contributed by atoms with Crippen LogP contribution in [0.4, 0.5) is 0 Å². The predicted molar refractivity (Wildman–Crippen MR) is 46.2 cm³/mol. The van der Waals surface area contributed by atoms with Gasteiger partial charge in [-0.15, -0.1) is 0 Å². The summed E-state index contributed by atoms with van der Waals surface area (Å²) in [5, 5.41) is 0. The fraction of sp³-hybridized carbons (Fsp3) is 1.00. The summed E-state index contributed by atoms with van der Waals surface area (Å²) in [5.74, 6) is 2.11. The molecule has 1 heterocycles. The lowest BCUT2D eigenvalue weighted by molar-refractivity contribution is 0.352. The minimum Gasteiger partial charge on any atom is -0.229 e. The molecular weight excluding hydrogens is 160 g/mol. The highest BCUT2D eigenvalue weighted by molar-refractivity contribution is 7.91. The summed E-state index contributed by atoms with van der Waals surface area (Å²) in [7, 11) is -2.65. The summed E-state index contributed by atoms with van der Waals surface area (Å²) in [6.45, 7) is 4.34. The average Bonchev–Trinajstić information content (AvgIpc) is 1.86. The van der Waals surface area contributed by atoms with E-state index >= 15 is 0 Å². The zero-order valence-electron chi connectivity index (χ0n) is 7.21. The van der Waals surface area contributed by atoms with E-state index in [1.807, 2.05) is 0 Å². The smallest absolute Gasteiger partial charge is 0.150 e. The molecule has 66 valence electrons. The normalized spacial score (nSPS) is 25.7. The molecule has 0 radical (unpaired) electrons. The second-order valence-corrected chi connectivity index (χ2v) is 6.04. The van der Waals surface area contributed by atoms with Crippen LogP contribution in [0.1, 0.15) is 26.7 Å². The maximum atomic E-state index is 11.0. The molecule has 3 heteroatoms. The summed E-state index contributed by atoms with van der Waals surface area (Å²) in [6, 6.07) is 0. The van der Waals surface area contributed by atoms with Crippen molar-refractivity contribution in [2.45, 2.75) is 26.7 Å². The van der Waals surface area contributed by atoms with E-state index in [-0.39, 0.29) is 0 Å². The molecule has 0 saturated carbocycles. The van der Waals surface area contributed by atoms with E-state index in [9.17, 15) is 8.42 Å². The third kappa shape index (κ3) is 2.47. The van der Waals surface area contributed by atoms with Crippen LogP contribution in [0.5, 0.6) is 0 Å². The maximum Gasteiger partial charge on any atom is 0.150 e. The molecule has 0 unspecified atom stereocenters. The van der Waals surface area contributed by atoms with Gasteiger partial charge in [-0.2, -0.15) is 0 Å². The van der Waals surface area contributed by atoms with Crippen molar-refractivity contribution < 1.29 is 8.42 Å². The van der Waals surface area contributed by atoms with Crippen molar-refractivity contribution in [1.82, 2.24) is 0 Å². The van der Waals surface area contributed by atoms with E-state index in [0.717, 1.165) is 12.8 Å². The monoisotopic (exact) mass is 176 g/mol. The fourth-order valence-corrected chi connectivity index (χ4v) is 3.10. The number of hydrogen-bond donors (Lipinski definition) is 0. The van der Waals surface area contributed by atoms with Crippen molar-refractivity contribution in [1.29, 1.82) is 0 Å². The molecule has 1 aliphatic heterocycles. The van der Waals surface area contributed by atoms with Crippen molar-refractivity contribution >= 4 is 9.84 Å². The van der Waals surface area contributed by atoms with Gasteiger partial charge in [0.25, 0.3) is 0 Å². The predicted octanol–water partition coefficient (Wildman–Crippen LogP) is 1.47. The zero-order valence-corrected chi connectivity index (χ0v) is 8.02. The van der Waals surface area contributed by atoms with Crippen LogP contribution in [0.25, 0.3) is 0 Å². The SMILES string of the molecule is CC(C)C1CCS(=O)(=O)CC1. The first-order valence-electron chi connectivity index (χ1n) is 4.22. The molecule has 0 aromatic heterocycles. The fourth-order valence-electron chi connectivity index (χ4n) is 1.57. The highest BCUT2D eigenvalue weighted by Crippen LogP contribution is 2.25. The third-order valence-electron chi connectivity index (χ3n) is 2.54. The lowest BCUT2D eigenvalue weighted by Crippen LogP contribution is -2.25. The van der Waals surface area contributed by atoms with Gasteiger partial charge in [0.1, 0.15) is 9.84 Å². The van der Waals surface area contributed by atoms with Crippen molar-refractivity contribution in [3.63, 3.8) is 0 Å². The van der Waals surface area contributed by atoms with Gasteiger partial charge in [-0.3, -0.25) is 0 Å². The third-order valence-corrected chi connectivity index (χ3v) is 4.26. The Morgan fingerprint density at radius 3 is 2.00 bits per heavy atom. The molecule has 1 saturated heterocycles. The van der Waals surface area contributed by atoms with Gasteiger partial charge >= 0.3 is 0 Å². The summed E-state index contributed by atoms with van der Waals surface area (Å²) in [4.78, 5) is 0. The summed E-state index contributed by atoms with van der Waals surface area (Å²) in [6.07, 6.45) is 1.75. The minimum atomic E-state index is -2.65. The van der Waals surface area contributed by atoms with Gasteiger partial charge in [-0.05, 0) is 24.7 Å². The molecule has 0 amide bonds. The molecule has 1 rings (SSSR count). The van der Waals surface area contributed by atoms with Gasteiger partial charge in [0, 0.05) is 0 Å². The van der Waals surface area contributed by atoms with Crippen molar-refractivity contribution in [3.8, 4) is 0 Å². The van der Waals surface area contributed by atoms with Gasteiger partial charge < -0.3 is 0 Å². The van der Waals surface area contributed by atoms with Crippen molar-refractivity contribution in [2.75, 3.05) is 11.5 Å². The molecule has 2 nitrogen and oxygen atoms in total. The van der Waals surface area contributed by atoms with Gasteiger partial charge in [-0.25, -0.2) is 8.42 Å². The Morgan fingerprint density at radius 1 is 1.18 bits per heavy atom. The summed E-state index contributed by atoms with van der Waals surface area (Å²) < 4.78 is 22.0. The van der Waals surface area contributed by atoms with Gasteiger partial charge in [0.15, 0.2) is 0 Å². The van der Waals surface area contributed by atoms with Crippen LogP contribution in [0, 0.1) is 11.8 Å². The van der Waals surface area contributed by atoms with Gasteiger partial charge in [0.2, 0.25) is 0 Å². The molecule has 0 aromatic rings. The number of sulfone groups is 1. The topological polar surface area (TPSA) is 34.1 Å². The zero-order chi connectivity index (χ0) is 8.48. The van der Waals surface area contributed by atoms with Crippen molar-refractivity contribution in [2.24, 2.45) is 11.8 Å². The first-order chi connectivity index (χ1) is 5.01. The number of rotatable bonds is 1. The summed E-state index contributed by atoms with van der Waals surface area (Å²) >= 11 is 0. The van der Waals surface area contributed by atoms with Crippen LogP contribution in [0.15, 0.2) is 0 Å². The Balaban J connectivity index is 2.49. The van der Waals surface area contributed by atoms with E-state index in [0.29, 0.717) is 23.3 Å². The Kier molecular flexibility index (Phi) is 2.58. The largest absolute Gasteiger partial charge is 0.229 e. The Bertz CT molecular complexity index is 202. The second kappa shape index (κ2) is 3.13. The van der Waals surface area contributed by atoms with Crippen LogP contribution < -0.4 is 0 Å². The molecule has 1 aliphatic rings. The molecule has 0 atom stereocenters. The molecule has 0 aliphatic carbocycles. The van der Waals surface area contributed by atoms with Gasteiger partial charge in [-0.1, -0.05) is 13.8 Å². The van der Waals surface area contributed by atoms with Crippen LogP contribution in [-0.4, -0.2) is 19.9 Å². The van der Waals surface area contributed by atoms with E-state index < -0.39 is 9.84 Å².